The van der Waals surface area contributed by atoms with Crippen LogP contribution in [0.15, 0.2) is 36.4 Å². The number of hydrogen-bond donors (Lipinski definition) is 1. The zero-order valence-electron chi connectivity index (χ0n) is 14.5. The second kappa shape index (κ2) is 6.79. The fourth-order valence-electron chi connectivity index (χ4n) is 3.80. The number of carbonyl (C=O) groups is 1. The maximum absolute atomic E-state index is 12.7. The van der Waals surface area contributed by atoms with Gasteiger partial charge in [0.1, 0.15) is 11.5 Å². The van der Waals surface area contributed by atoms with Gasteiger partial charge in [0.15, 0.2) is 0 Å². The third-order valence-electron chi connectivity index (χ3n) is 5.17. The Morgan fingerprint density at radius 1 is 1.20 bits per heavy atom. The van der Waals surface area contributed by atoms with Crippen LogP contribution in [0.2, 0.25) is 0 Å². The lowest BCUT2D eigenvalue weighted by Gasteiger charge is -2.25. The third kappa shape index (κ3) is 3.21. The van der Waals surface area contributed by atoms with Gasteiger partial charge in [0, 0.05) is 12.5 Å². The normalized spacial score (nSPS) is 18.0. The second-order valence-electron chi connectivity index (χ2n) is 6.87. The molecule has 4 heteroatoms. The van der Waals surface area contributed by atoms with Crippen molar-refractivity contribution in [2.75, 3.05) is 20.3 Å². The summed E-state index contributed by atoms with van der Waals surface area (Å²) < 4.78 is 11.2. The minimum atomic E-state index is -0.0644. The molecule has 130 valence electrons. The molecule has 1 N–H and O–H groups in total. The summed E-state index contributed by atoms with van der Waals surface area (Å²) in [4.78, 5) is 12.7. The third-order valence-corrected chi connectivity index (χ3v) is 5.17. The van der Waals surface area contributed by atoms with Crippen LogP contribution in [0.5, 0.6) is 11.5 Å². The topological polar surface area (TPSA) is 47.6 Å². The Kier molecular flexibility index (Phi) is 4.35. The van der Waals surface area contributed by atoms with Crippen LogP contribution in [0.3, 0.4) is 0 Å². The van der Waals surface area contributed by atoms with Crippen molar-refractivity contribution in [2.45, 2.75) is 25.7 Å². The van der Waals surface area contributed by atoms with Gasteiger partial charge in [-0.1, -0.05) is 18.2 Å². The molecule has 1 heterocycles. The summed E-state index contributed by atoms with van der Waals surface area (Å²) in [5.74, 6) is 1.86. The molecule has 25 heavy (non-hydrogen) atoms. The Bertz CT molecular complexity index is 800. The van der Waals surface area contributed by atoms with E-state index in [0.29, 0.717) is 30.4 Å². The van der Waals surface area contributed by atoms with E-state index in [0.717, 1.165) is 31.4 Å². The number of benzene rings is 2. The fraction of sp³-hybridized carbons (Fsp3) is 0.381. The number of fused-ring (bicyclic) bond motifs is 2. The van der Waals surface area contributed by atoms with Crippen molar-refractivity contribution in [3.8, 4) is 11.5 Å². The van der Waals surface area contributed by atoms with Gasteiger partial charge in [-0.3, -0.25) is 4.79 Å². The molecule has 2 aromatic rings. The molecule has 2 aromatic carbocycles. The minimum Gasteiger partial charge on any atom is -0.496 e. The van der Waals surface area contributed by atoms with Crippen LogP contribution in [0, 0.1) is 5.92 Å². The Hall–Kier alpha value is -2.49. The number of hydrogen-bond acceptors (Lipinski definition) is 3. The average Bonchev–Trinajstić information content (AvgIpc) is 3.12. The predicted octanol–water partition coefficient (Wildman–Crippen LogP) is 3.17. The molecule has 2 aliphatic rings. The predicted molar refractivity (Wildman–Crippen MR) is 96.5 cm³/mol. The molecule has 1 atom stereocenters. The number of aryl methyl sites for hydroxylation is 2. The van der Waals surface area contributed by atoms with E-state index in [2.05, 4.69) is 11.4 Å². The first-order valence-electron chi connectivity index (χ1n) is 8.93. The molecule has 0 fully saturated rings. The number of para-hydroxylation sites is 1. The van der Waals surface area contributed by atoms with Gasteiger partial charge in [0.2, 0.25) is 0 Å². The number of rotatable bonds is 4. The SMILES string of the molecule is COc1cc2c(cc1C(=O)NC[C@H]1COc3ccccc3C1)CCC2. The number of amides is 1. The Labute approximate surface area is 148 Å². The van der Waals surface area contributed by atoms with E-state index in [4.69, 9.17) is 9.47 Å². The van der Waals surface area contributed by atoms with Crippen LogP contribution in [0.25, 0.3) is 0 Å². The molecule has 4 nitrogen and oxygen atoms in total. The van der Waals surface area contributed by atoms with Gasteiger partial charge in [0.25, 0.3) is 5.91 Å². The van der Waals surface area contributed by atoms with Crippen molar-refractivity contribution in [2.24, 2.45) is 5.92 Å². The van der Waals surface area contributed by atoms with E-state index < -0.39 is 0 Å². The quantitative estimate of drug-likeness (QED) is 0.932. The molecule has 4 rings (SSSR count). The monoisotopic (exact) mass is 337 g/mol. The first-order valence-corrected chi connectivity index (χ1v) is 8.93. The Morgan fingerprint density at radius 3 is 2.84 bits per heavy atom. The van der Waals surface area contributed by atoms with Crippen LogP contribution >= 0.6 is 0 Å². The minimum absolute atomic E-state index is 0.0644. The van der Waals surface area contributed by atoms with E-state index in [1.807, 2.05) is 30.3 Å². The van der Waals surface area contributed by atoms with Crippen LogP contribution in [-0.4, -0.2) is 26.2 Å². The van der Waals surface area contributed by atoms with Gasteiger partial charge in [-0.25, -0.2) is 0 Å². The van der Waals surface area contributed by atoms with Gasteiger partial charge in [-0.2, -0.15) is 0 Å². The van der Waals surface area contributed by atoms with Crippen molar-refractivity contribution in [3.05, 3.63) is 58.7 Å². The van der Waals surface area contributed by atoms with Gasteiger partial charge in [-0.05, 0) is 60.6 Å². The van der Waals surface area contributed by atoms with Crippen molar-refractivity contribution in [1.29, 1.82) is 0 Å². The van der Waals surface area contributed by atoms with Crippen molar-refractivity contribution in [3.63, 3.8) is 0 Å². The summed E-state index contributed by atoms with van der Waals surface area (Å²) >= 11 is 0. The average molecular weight is 337 g/mol. The summed E-state index contributed by atoms with van der Waals surface area (Å²) in [5, 5.41) is 3.07. The van der Waals surface area contributed by atoms with Crippen molar-refractivity contribution in [1.82, 2.24) is 5.32 Å². The highest BCUT2D eigenvalue weighted by atomic mass is 16.5. The summed E-state index contributed by atoms with van der Waals surface area (Å²) in [7, 11) is 1.62. The Balaban J connectivity index is 1.43. The lowest BCUT2D eigenvalue weighted by Crippen LogP contribution is -2.35. The molecule has 1 aliphatic heterocycles. The Morgan fingerprint density at radius 2 is 2.00 bits per heavy atom. The molecular formula is C21H23NO3. The van der Waals surface area contributed by atoms with E-state index in [-0.39, 0.29) is 5.91 Å². The highest BCUT2D eigenvalue weighted by molar-refractivity contribution is 5.97. The van der Waals surface area contributed by atoms with Crippen LogP contribution in [-0.2, 0) is 19.3 Å². The van der Waals surface area contributed by atoms with Crippen LogP contribution in [0.4, 0.5) is 0 Å². The molecule has 0 radical (unpaired) electrons. The lowest BCUT2D eigenvalue weighted by molar-refractivity contribution is 0.0936. The summed E-state index contributed by atoms with van der Waals surface area (Å²) in [6, 6.07) is 12.1. The van der Waals surface area contributed by atoms with Crippen LogP contribution < -0.4 is 14.8 Å². The standard InChI is InChI=1S/C21H23NO3/c1-24-20-11-16-7-4-6-15(16)10-18(20)21(23)22-12-14-9-17-5-2-3-8-19(17)25-13-14/h2-3,5,8,10-11,14H,4,6-7,9,12-13H2,1H3,(H,22,23)/t14-/m0/s1. The molecule has 0 bridgehead atoms. The van der Waals surface area contributed by atoms with Gasteiger partial charge in [-0.15, -0.1) is 0 Å². The van der Waals surface area contributed by atoms with Gasteiger partial charge >= 0.3 is 0 Å². The van der Waals surface area contributed by atoms with Gasteiger partial charge < -0.3 is 14.8 Å². The molecule has 0 unspecified atom stereocenters. The number of ether oxygens (including phenoxy) is 2. The lowest BCUT2D eigenvalue weighted by atomic mass is 9.96. The molecule has 0 saturated heterocycles. The molecule has 0 spiro atoms. The summed E-state index contributed by atoms with van der Waals surface area (Å²) in [6.07, 6.45) is 4.21. The smallest absolute Gasteiger partial charge is 0.255 e. The fourth-order valence-corrected chi connectivity index (χ4v) is 3.80. The number of nitrogens with one attached hydrogen (secondary N) is 1. The van der Waals surface area contributed by atoms with E-state index in [1.54, 1.807) is 7.11 Å². The van der Waals surface area contributed by atoms with Crippen molar-refractivity contribution >= 4 is 5.91 Å². The maximum atomic E-state index is 12.7. The van der Waals surface area contributed by atoms with E-state index >= 15 is 0 Å². The molecule has 1 aliphatic carbocycles. The van der Waals surface area contributed by atoms with Crippen molar-refractivity contribution < 1.29 is 14.3 Å². The highest BCUT2D eigenvalue weighted by Crippen LogP contribution is 2.30. The second-order valence-corrected chi connectivity index (χ2v) is 6.87. The highest BCUT2D eigenvalue weighted by Gasteiger charge is 2.22. The molecule has 1 amide bonds. The number of methoxy groups -OCH3 is 1. The van der Waals surface area contributed by atoms with E-state index in [1.165, 1.54) is 16.7 Å². The zero-order chi connectivity index (χ0) is 17.2. The van der Waals surface area contributed by atoms with E-state index in [9.17, 15) is 4.79 Å². The summed E-state index contributed by atoms with van der Waals surface area (Å²) in [5.41, 5.74) is 4.44. The van der Waals surface area contributed by atoms with Gasteiger partial charge in [0.05, 0.1) is 19.3 Å². The maximum Gasteiger partial charge on any atom is 0.255 e. The molecule has 0 saturated carbocycles. The first kappa shape index (κ1) is 16.0. The molecule has 0 aromatic heterocycles. The number of carbonyl (C=O) groups excluding carboxylic acids is 1. The van der Waals surface area contributed by atoms with Crippen LogP contribution in [0.1, 0.15) is 33.5 Å². The molecular weight excluding hydrogens is 314 g/mol. The largest absolute Gasteiger partial charge is 0.496 e. The summed E-state index contributed by atoms with van der Waals surface area (Å²) in [6.45, 7) is 1.24. The zero-order valence-corrected chi connectivity index (χ0v) is 14.5. The first-order chi connectivity index (χ1) is 12.2.